The van der Waals surface area contributed by atoms with Crippen molar-refractivity contribution in [2.75, 3.05) is 5.32 Å². The lowest BCUT2D eigenvalue weighted by Crippen LogP contribution is -2.43. The third-order valence-electron chi connectivity index (χ3n) is 4.27. The van der Waals surface area contributed by atoms with E-state index in [-0.39, 0.29) is 11.6 Å². The van der Waals surface area contributed by atoms with Gasteiger partial charge in [-0.05, 0) is 43.5 Å². The smallest absolute Gasteiger partial charge is 0.349 e. The van der Waals surface area contributed by atoms with Crippen LogP contribution < -0.4 is 16.4 Å². The predicted octanol–water partition coefficient (Wildman–Crippen LogP) is 3.66. The Kier molecular flexibility index (Phi) is 8.17. The van der Waals surface area contributed by atoms with Crippen molar-refractivity contribution in [3.63, 3.8) is 0 Å². The summed E-state index contributed by atoms with van der Waals surface area (Å²) in [6, 6.07) is 12.8. The molecule has 0 aliphatic carbocycles. The lowest BCUT2D eigenvalue weighted by Gasteiger charge is -2.17. The van der Waals surface area contributed by atoms with Crippen LogP contribution in [-0.4, -0.2) is 23.9 Å². The molecule has 0 aliphatic heterocycles. The Bertz CT molecular complexity index is 881. The van der Waals surface area contributed by atoms with Crippen LogP contribution in [0.3, 0.4) is 0 Å². The van der Waals surface area contributed by atoms with Crippen molar-refractivity contribution in [1.29, 1.82) is 0 Å². The van der Waals surface area contributed by atoms with Crippen molar-refractivity contribution < 1.29 is 22.8 Å². The fourth-order valence-electron chi connectivity index (χ4n) is 2.66. The zero-order chi connectivity index (χ0) is 22.1. The Morgan fingerprint density at radius 2 is 1.80 bits per heavy atom. The van der Waals surface area contributed by atoms with Gasteiger partial charge in [0.2, 0.25) is 11.8 Å². The zero-order valence-electron chi connectivity index (χ0n) is 16.4. The highest BCUT2D eigenvalue weighted by Crippen LogP contribution is 2.30. The molecule has 160 valence electrons. The summed E-state index contributed by atoms with van der Waals surface area (Å²) < 4.78 is 38.4. The molecule has 2 atom stereocenters. The number of anilines is 1. The number of carbonyl (C=O) groups excluding carboxylic acids is 2. The second kappa shape index (κ2) is 10.6. The number of benzene rings is 2. The van der Waals surface area contributed by atoms with Gasteiger partial charge in [-0.1, -0.05) is 42.5 Å². The van der Waals surface area contributed by atoms with E-state index in [2.05, 4.69) is 10.6 Å². The molecule has 0 fully saturated rings. The SMILES string of the molecule is CC(N)C(=O)NC(C=CC(=O)Nc1cccc(C(F)(F)F)c1)CCc1ccccc1. The standard InChI is InChI=1S/C22H24F3N3O2/c1-15(26)21(30)28-18(11-10-16-6-3-2-4-7-16)12-13-20(29)27-19-9-5-8-17(14-19)22(23,24)25/h2-9,12-15,18H,10-11,26H2,1H3,(H,27,29)(H,28,30). The molecule has 0 aromatic heterocycles. The number of hydrogen-bond acceptors (Lipinski definition) is 3. The Morgan fingerprint density at radius 1 is 1.10 bits per heavy atom. The van der Waals surface area contributed by atoms with Gasteiger partial charge in [-0.2, -0.15) is 13.2 Å². The molecule has 2 unspecified atom stereocenters. The van der Waals surface area contributed by atoms with E-state index in [9.17, 15) is 22.8 Å². The van der Waals surface area contributed by atoms with E-state index >= 15 is 0 Å². The molecule has 0 radical (unpaired) electrons. The van der Waals surface area contributed by atoms with Gasteiger partial charge in [-0.15, -0.1) is 0 Å². The van der Waals surface area contributed by atoms with E-state index in [0.717, 1.165) is 17.7 Å². The molecule has 2 rings (SSSR count). The minimum absolute atomic E-state index is 0.0277. The largest absolute Gasteiger partial charge is 0.416 e. The summed E-state index contributed by atoms with van der Waals surface area (Å²) >= 11 is 0. The highest BCUT2D eigenvalue weighted by atomic mass is 19.4. The first-order valence-corrected chi connectivity index (χ1v) is 9.41. The third kappa shape index (κ3) is 7.71. The number of halogens is 3. The number of rotatable bonds is 8. The number of aryl methyl sites for hydroxylation is 1. The monoisotopic (exact) mass is 419 g/mol. The molecular formula is C22H24F3N3O2. The molecule has 4 N–H and O–H groups in total. The molecule has 0 heterocycles. The molecule has 8 heteroatoms. The average Bonchev–Trinajstić information content (AvgIpc) is 2.70. The summed E-state index contributed by atoms with van der Waals surface area (Å²) in [7, 11) is 0. The van der Waals surface area contributed by atoms with Gasteiger partial charge in [0.15, 0.2) is 0 Å². The van der Waals surface area contributed by atoms with Gasteiger partial charge in [0.1, 0.15) is 0 Å². The Balaban J connectivity index is 2.03. The van der Waals surface area contributed by atoms with Crippen LogP contribution in [0.4, 0.5) is 18.9 Å². The Hall–Kier alpha value is -3.13. The molecule has 0 spiro atoms. The van der Waals surface area contributed by atoms with E-state index < -0.39 is 29.7 Å². The molecule has 2 aromatic rings. The summed E-state index contributed by atoms with van der Waals surface area (Å²) in [5, 5.41) is 5.15. The summed E-state index contributed by atoms with van der Waals surface area (Å²) in [5.74, 6) is -0.968. The minimum atomic E-state index is -4.50. The molecule has 2 aromatic carbocycles. The highest BCUT2D eigenvalue weighted by Gasteiger charge is 2.30. The molecule has 30 heavy (non-hydrogen) atoms. The lowest BCUT2D eigenvalue weighted by molar-refractivity contribution is -0.137. The number of nitrogens with two attached hydrogens (primary N) is 1. The maximum Gasteiger partial charge on any atom is 0.416 e. The van der Waals surface area contributed by atoms with Crippen molar-refractivity contribution in [3.05, 3.63) is 77.9 Å². The summed E-state index contributed by atoms with van der Waals surface area (Å²) in [6.45, 7) is 1.55. The average molecular weight is 419 g/mol. The summed E-state index contributed by atoms with van der Waals surface area (Å²) in [4.78, 5) is 24.1. The summed E-state index contributed by atoms with van der Waals surface area (Å²) in [5.41, 5.74) is 5.84. The fourth-order valence-corrected chi connectivity index (χ4v) is 2.66. The highest BCUT2D eigenvalue weighted by molar-refractivity contribution is 5.99. The molecule has 2 amide bonds. The van der Waals surface area contributed by atoms with Gasteiger partial charge in [0.25, 0.3) is 0 Å². The molecule has 0 bridgehead atoms. The summed E-state index contributed by atoms with van der Waals surface area (Å²) in [6.07, 6.45) is -0.619. The first kappa shape index (κ1) is 23.2. The molecule has 0 saturated heterocycles. The van der Waals surface area contributed by atoms with Gasteiger partial charge in [0.05, 0.1) is 11.6 Å². The topological polar surface area (TPSA) is 84.2 Å². The van der Waals surface area contributed by atoms with Gasteiger partial charge in [0, 0.05) is 17.8 Å². The van der Waals surface area contributed by atoms with Crippen molar-refractivity contribution in [3.8, 4) is 0 Å². The van der Waals surface area contributed by atoms with E-state index in [1.807, 2.05) is 30.3 Å². The maximum atomic E-state index is 12.8. The van der Waals surface area contributed by atoms with Crippen molar-refractivity contribution >= 4 is 17.5 Å². The third-order valence-corrected chi connectivity index (χ3v) is 4.27. The fraction of sp³-hybridized carbons (Fsp3) is 0.273. The van der Waals surface area contributed by atoms with E-state index in [4.69, 9.17) is 5.73 Å². The van der Waals surface area contributed by atoms with Crippen LogP contribution in [0.2, 0.25) is 0 Å². The second-order valence-corrected chi connectivity index (χ2v) is 6.85. The van der Waals surface area contributed by atoms with Crippen molar-refractivity contribution in [2.45, 2.75) is 38.0 Å². The lowest BCUT2D eigenvalue weighted by atomic mass is 10.0. The molecule has 5 nitrogen and oxygen atoms in total. The maximum absolute atomic E-state index is 12.8. The van der Waals surface area contributed by atoms with Crippen molar-refractivity contribution in [1.82, 2.24) is 5.32 Å². The number of alkyl halides is 3. The second-order valence-electron chi connectivity index (χ2n) is 6.85. The van der Waals surface area contributed by atoms with Crippen LogP contribution in [0.15, 0.2) is 66.7 Å². The number of nitrogens with one attached hydrogen (secondary N) is 2. The predicted molar refractivity (Wildman–Crippen MR) is 110 cm³/mol. The Labute approximate surface area is 173 Å². The van der Waals surface area contributed by atoms with Crippen LogP contribution in [0.1, 0.15) is 24.5 Å². The number of hydrogen-bond donors (Lipinski definition) is 3. The molecular weight excluding hydrogens is 395 g/mol. The van der Waals surface area contributed by atoms with Gasteiger partial charge in [-0.25, -0.2) is 0 Å². The normalized spacial score (nSPS) is 13.6. The quantitative estimate of drug-likeness (QED) is 0.571. The number of amides is 2. The van der Waals surface area contributed by atoms with Crippen LogP contribution in [-0.2, 0) is 22.2 Å². The first-order valence-electron chi connectivity index (χ1n) is 9.41. The molecule has 0 aliphatic rings. The van der Waals surface area contributed by atoms with Gasteiger partial charge < -0.3 is 16.4 Å². The first-order chi connectivity index (χ1) is 14.1. The molecule has 0 saturated carbocycles. The zero-order valence-corrected chi connectivity index (χ0v) is 16.4. The minimum Gasteiger partial charge on any atom is -0.349 e. The van der Waals surface area contributed by atoms with Crippen LogP contribution in [0, 0.1) is 0 Å². The number of carbonyl (C=O) groups is 2. The van der Waals surface area contributed by atoms with Gasteiger partial charge >= 0.3 is 6.18 Å². The van der Waals surface area contributed by atoms with Crippen LogP contribution >= 0.6 is 0 Å². The van der Waals surface area contributed by atoms with Crippen molar-refractivity contribution in [2.24, 2.45) is 5.73 Å². The van der Waals surface area contributed by atoms with E-state index in [0.29, 0.717) is 12.8 Å². The van der Waals surface area contributed by atoms with E-state index in [1.165, 1.54) is 24.3 Å². The van der Waals surface area contributed by atoms with Gasteiger partial charge in [-0.3, -0.25) is 9.59 Å². The van der Waals surface area contributed by atoms with Crippen LogP contribution in [0.25, 0.3) is 0 Å². The Morgan fingerprint density at radius 3 is 2.43 bits per heavy atom. The van der Waals surface area contributed by atoms with E-state index in [1.54, 1.807) is 6.92 Å². The van der Waals surface area contributed by atoms with Crippen LogP contribution in [0.5, 0.6) is 0 Å².